The van der Waals surface area contributed by atoms with Gasteiger partial charge in [-0.15, -0.1) is 0 Å². The molecule has 0 saturated heterocycles. The van der Waals surface area contributed by atoms with Crippen LogP contribution in [0.4, 0.5) is 0 Å². The lowest BCUT2D eigenvalue weighted by atomic mass is 9.85. The van der Waals surface area contributed by atoms with Crippen LogP contribution in [0.5, 0.6) is 5.75 Å². The molecule has 0 unspecified atom stereocenters. The van der Waals surface area contributed by atoms with Crippen LogP contribution in [0.15, 0.2) is 48.5 Å². The highest BCUT2D eigenvalue weighted by molar-refractivity contribution is 5.96. The second kappa shape index (κ2) is 5.37. The molecule has 0 saturated carbocycles. The van der Waals surface area contributed by atoms with E-state index in [1.165, 1.54) is 38.6 Å². The Morgan fingerprint density at radius 3 is 2.46 bits per heavy atom. The molecule has 0 radical (unpaired) electrons. The molecule has 3 aromatic carbocycles. The Kier molecular flexibility index (Phi) is 3.42. The molecular weight excluding hydrogens is 292 g/mol. The first-order chi connectivity index (χ1) is 11.5. The number of hydrogen-bond acceptors (Lipinski definition) is 1. The molecule has 1 nitrogen and oxygen atoms in total. The van der Waals surface area contributed by atoms with Crippen molar-refractivity contribution in [3.05, 3.63) is 65.2 Å². The van der Waals surface area contributed by atoms with Gasteiger partial charge in [-0.1, -0.05) is 76.2 Å². The Morgan fingerprint density at radius 1 is 0.917 bits per heavy atom. The smallest absolute Gasteiger partial charge is 0.135 e. The summed E-state index contributed by atoms with van der Waals surface area (Å²) in [6.07, 6.45) is 1.06. The van der Waals surface area contributed by atoms with Crippen LogP contribution >= 0.6 is 0 Å². The normalized spacial score (nSPS) is 13.3. The van der Waals surface area contributed by atoms with Crippen LogP contribution < -0.4 is 4.74 Å². The van der Waals surface area contributed by atoms with Gasteiger partial charge in [0.05, 0.1) is 0 Å². The zero-order chi connectivity index (χ0) is 16.9. The Bertz CT molecular complexity index is 929. The summed E-state index contributed by atoms with van der Waals surface area (Å²) in [4.78, 5) is 0. The van der Waals surface area contributed by atoms with E-state index in [0.717, 1.165) is 12.2 Å². The SMILES string of the molecule is CCc1ccc2c(c1)COc1c-2ccc2cc(C(C)(C)C)ccc12. The maximum absolute atomic E-state index is 6.19. The highest BCUT2D eigenvalue weighted by Crippen LogP contribution is 2.43. The highest BCUT2D eigenvalue weighted by Gasteiger charge is 2.21. The van der Waals surface area contributed by atoms with Gasteiger partial charge >= 0.3 is 0 Å². The first-order valence-corrected chi connectivity index (χ1v) is 8.79. The molecule has 1 aliphatic rings. The fourth-order valence-electron chi connectivity index (χ4n) is 3.53. The molecule has 24 heavy (non-hydrogen) atoms. The van der Waals surface area contributed by atoms with Crippen molar-refractivity contribution in [3.63, 3.8) is 0 Å². The second-order valence-corrected chi connectivity index (χ2v) is 7.76. The van der Waals surface area contributed by atoms with E-state index in [4.69, 9.17) is 4.74 Å². The van der Waals surface area contributed by atoms with Gasteiger partial charge in [-0.2, -0.15) is 0 Å². The van der Waals surface area contributed by atoms with E-state index in [1.807, 2.05) is 0 Å². The average Bonchev–Trinajstić information content (AvgIpc) is 2.59. The molecule has 0 fully saturated rings. The van der Waals surface area contributed by atoms with Gasteiger partial charge < -0.3 is 4.74 Å². The summed E-state index contributed by atoms with van der Waals surface area (Å²) in [6.45, 7) is 9.62. The van der Waals surface area contributed by atoms with Crippen LogP contribution in [0.3, 0.4) is 0 Å². The lowest BCUT2D eigenvalue weighted by Gasteiger charge is -2.24. The molecule has 0 aliphatic carbocycles. The van der Waals surface area contributed by atoms with Crippen LogP contribution in [0.2, 0.25) is 0 Å². The van der Waals surface area contributed by atoms with Gasteiger partial charge in [-0.25, -0.2) is 0 Å². The predicted molar refractivity (Wildman–Crippen MR) is 102 cm³/mol. The number of benzene rings is 3. The summed E-state index contributed by atoms with van der Waals surface area (Å²) < 4.78 is 6.19. The number of aryl methyl sites for hydroxylation is 1. The quantitative estimate of drug-likeness (QED) is 0.515. The molecule has 1 heterocycles. The Labute approximate surface area is 144 Å². The van der Waals surface area contributed by atoms with Gasteiger partial charge in [0.1, 0.15) is 12.4 Å². The summed E-state index contributed by atoms with van der Waals surface area (Å²) in [5.41, 5.74) is 6.72. The molecule has 4 rings (SSSR count). The van der Waals surface area contributed by atoms with Gasteiger partial charge in [-0.05, 0) is 39.5 Å². The zero-order valence-electron chi connectivity index (χ0n) is 14.9. The average molecular weight is 316 g/mol. The Hall–Kier alpha value is -2.28. The van der Waals surface area contributed by atoms with E-state index < -0.39 is 0 Å². The van der Waals surface area contributed by atoms with Crippen LogP contribution in [0.1, 0.15) is 44.4 Å². The molecule has 122 valence electrons. The third kappa shape index (κ3) is 2.39. The van der Waals surface area contributed by atoms with Crippen LogP contribution in [0.25, 0.3) is 21.9 Å². The molecule has 3 aromatic rings. The summed E-state index contributed by atoms with van der Waals surface area (Å²) in [6, 6.07) is 18.0. The summed E-state index contributed by atoms with van der Waals surface area (Å²) >= 11 is 0. The fourth-order valence-corrected chi connectivity index (χ4v) is 3.53. The van der Waals surface area contributed by atoms with Crippen molar-refractivity contribution in [2.45, 2.75) is 46.1 Å². The van der Waals surface area contributed by atoms with Crippen molar-refractivity contribution in [2.24, 2.45) is 0 Å². The Balaban J connectivity index is 1.90. The molecule has 0 spiro atoms. The van der Waals surface area contributed by atoms with Crippen molar-refractivity contribution in [1.82, 2.24) is 0 Å². The first-order valence-electron chi connectivity index (χ1n) is 8.79. The van der Waals surface area contributed by atoms with Gasteiger partial charge in [0.25, 0.3) is 0 Å². The van der Waals surface area contributed by atoms with Gasteiger partial charge in [-0.3, -0.25) is 0 Å². The third-order valence-electron chi connectivity index (χ3n) is 5.08. The zero-order valence-corrected chi connectivity index (χ0v) is 14.9. The van der Waals surface area contributed by atoms with Crippen LogP contribution in [0, 0.1) is 0 Å². The summed E-state index contributed by atoms with van der Waals surface area (Å²) in [7, 11) is 0. The predicted octanol–water partition coefficient (Wildman–Crippen LogP) is 6.26. The lowest BCUT2D eigenvalue weighted by Crippen LogP contribution is -2.11. The van der Waals surface area contributed by atoms with E-state index >= 15 is 0 Å². The molecule has 0 amide bonds. The summed E-state index contributed by atoms with van der Waals surface area (Å²) in [5, 5.41) is 2.47. The summed E-state index contributed by atoms with van der Waals surface area (Å²) in [5.74, 6) is 1.03. The standard InChI is InChI=1S/C23H24O/c1-5-15-6-9-19-17(12-15)14-24-22-20-11-8-18(23(2,3)4)13-16(20)7-10-21(19)22/h6-13H,5,14H2,1-4H3. The van der Waals surface area contributed by atoms with Crippen molar-refractivity contribution in [1.29, 1.82) is 0 Å². The van der Waals surface area contributed by atoms with Crippen molar-refractivity contribution >= 4 is 10.8 Å². The minimum Gasteiger partial charge on any atom is -0.488 e. The fraction of sp³-hybridized carbons (Fsp3) is 0.304. The number of fused-ring (bicyclic) bond motifs is 5. The third-order valence-corrected chi connectivity index (χ3v) is 5.08. The van der Waals surface area contributed by atoms with Crippen molar-refractivity contribution < 1.29 is 4.74 Å². The van der Waals surface area contributed by atoms with E-state index in [9.17, 15) is 0 Å². The lowest BCUT2D eigenvalue weighted by molar-refractivity contribution is 0.306. The monoisotopic (exact) mass is 316 g/mol. The Morgan fingerprint density at radius 2 is 1.71 bits per heavy atom. The first kappa shape index (κ1) is 15.3. The minimum atomic E-state index is 0.161. The minimum absolute atomic E-state index is 0.161. The molecule has 0 atom stereocenters. The molecular formula is C23H24O. The maximum Gasteiger partial charge on any atom is 0.135 e. The second-order valence-electron chi connectivity index (χ2n) is 7.76. The highest BCUT2D eigenvalue weighted by atomic mass is 16.5. The molecule has 1 aliphatic heterocycles. The van der Waals surface area contributed by atoms with E-state index in [2.05, 4.69) is 76.2 Å². The molecule has 0 bridgehead atoms. The number of rotatable bonds is 1. The molecule has 0 aromatic heterocycles. The maximum atomic E-state index is 6.19. The number of ether oxygens (including phenoxy) is 1. The van der Waals surface area contributed by atoms with Crippen molar-refractivity contribution in [3.8, 4) is 16.9 Å². The van der Waals surface area contributed by atoms with Crippen molar-refractivity contribution in [2.75, 3.05) is 0 Å². The van der Waals surface area contributed by atoms with Crippen LogP contribution in [-0.2, 0) is 18.4 Å². The van der Waals surface area contributed by atoms with Gasteiger partial charge in [0.2, 0.25) is 0 Å². The van der Waals surface area contributed by atoms with Gasteiger partial charge in [0, 0.05) is 10.9 Å². The van der Waals surface area contributed by atoms with E-state index in [1.54, 1.807) is 0 Å². The molecule has 0 N–H and O–H groups in total. The van der Waals surface area contributed by atoms with Crippen LogP contribution in [-0.4, -0.2) is 0 Å². The number of hydrogen-bond donors (Lipinski definition) is 0. The van der Waals surface area contributed by atoms with Gasteiger partial charge in [0.15, 0.2) is 0 Å². The van der Waals surface area contributed by atoms with E-state index in [0.29, 0.717) is 6.61 Å². The topological polar surface area (TPSA) is 9.23 Å². The molecule has 1 heteroatoms. The van der Waals surface area contributed by atoms with E-state index in [-0.39, 0.29) is 5.41 Å². The largest absolute Gasteiger partial charge is 0.488 e.